The maximum Gasteiger partial charge on any atom is 0.231 e. The molecule has 5 heteroatoms. The van der Waals surface area contributed by atoms with E-state index in [1.807, 2.05) is 36.4 Å². The van der Waals surface area contributed by atoms with Crippen molar-refractivity contribution in [1.82, 2.24) is 5.32 Å². The molecule has 0 spiro atoms. The molecule has 22 heavy (non-hydrogen) atoms. The van der Waals surface area contributed by atoms with Crippen LogP contribution in [0.15, 0.2) is 42.5 Å². The Bertz CT molecular complexity index is 695. The molecule has 0 bridgehead atoms. The summed E-state index contributed by atoms with van der Waals surface area (Å²) < 4.78 is 16.2. The molecular weight excluding hydrogens is 280 g/mol. The SMILES string of the molecule is N#Cc1cccc(CNCCOc2ccc3c(c2)OCO3)c1. The zero-order valence-electron chi connectivity index (χ0n) is 12.0. The number of benzene rings is 2. The molecule has 0 aliphatic carbocycles. The maximum atomic E-state index is 8.85. The average molecular weight is 296 g/mol. The van der Waals surface area contributed by atoms with Gasteiger partial charge in [-0.05, 0) is 29.8 Å². The van der Waals surface area contributed by atoms with Crippen molar-refractivity contribution >= 4 is 0 Å². The molecule has 2 aromatic carbocycles. The Morgan fingerprint density at radius 1 is 1.14 bits per heavy atom. The van der Waals surface area contributed by atoms with Gasteiger partial charge in [-0.2, -0.15) is 5.26 Å². The van der Waals surface area contributed by atoms with Crippen LogP contribution in [0, 0.1) is 11.3 Å². The molecule has 1 N–H and O–H groups in total. The quantitative estimate of drug-likeness (QED) is 0.830. The van der Waals surface area contributed by atoms with Gasteiger partial charge in [-0.25, -0.2) is 0 Å². The zero-order valence-corrected chi connectivity index (χ0v) is 12.0. The number of fused-ring (bicyclic) bond motifs is 1. The standard InChI is InChI=1S/C17H16N2O3/c18-10-13-2-1-3-14(8-13)11-19-6-7-20-15-4-5-16-17(9-15)22-12-21-16/h1-5,8-9,19H,6-7,11-12H2. The summed E-state index contributed by atoms with van der Waals surface area (Å²) in [5.74, 6) is 2.24. The van der Waals surface area contributed by atoms with Crippen molar-refractivity contribution in [2.45, 2.75) is 6.54 Å². The molecule has 1 aliphatic rings. The van der Waals surface area contributed by atoms with Gasteiger partial charge in [0.25, 0.3) is 0 Å². The van der Waals surface area contributed by atoms with Crippen molar-refractivity contribution in [2.24, 2.45) is 0 Å². The number of hydrogen-bond donors (Lipinski definition) is 1. The molecule has 2 aromatic rings. The molecular formula is C17H16N2O3. The predicted molar refractivity (Wildman–Crippen MR) is 80.9 cm³/mol. The van der Waals surface area contributed by atoms with Crippen LogP contribution in [0.5, 0.6) is 17.2 Å². The van der Waals surface area contributed by atoms with Crippen molar-refractivity contribution in [3.05, 3.63) is 53.6 Å². The number of nitrogens with zero attached hydrogens (tertiary/aromatic N) is 1. The van der Waals surface area contributed by atoms with E-state index < -0.39 is 0 Å². The highest BCUT2D eigenvalue weighted by atomic mass is 16.7. The molecule has 1 aliphatic heterocycles. The average Bonchev–Trinajstić information content (AvgIpc) is 3.02. The van der Waals surface area contributed by atoms with E-state index in [1.165, 1.54) is 0 Å². The van der Waals surface area contributed by atoms with Crippen LogP contribution in [-0.4, -0.2) is 19.9 Å². The third-order valence-electron chi connectivity index (χ3n) is 3.28. The minimum atomic E-state index is 0.266. The van der Waals surface area contributed by atoms with E-state index in [0.29, 0.717) is 25.3 Å². The predicted octanol–water partition coefficient (Wildman–Crippen LogP) is 2.46. The first-order chi connectivity index (χ1) is 10.8. The van der Waals surface area contributed by atoms with E-state index in [4.69, 9.17) is 19.5 Å². The summed E-state index contributed by atoms with van der Waals surface area (Å²) in [4.78, 5) is 0. The summed E-state index contributed by atoms with van der Waals surface area (Å²) in [6, 6.07) is 15.2. The van der Waals surface area contributed by atoms with Gasteiger partial charge in [0, 0.05) is 19.2 Å². The molecule has 112 valence electrons. The summed E-state index contributed by atoms with van der Waals surface area (Å²) in [6.07, 6.45) is 0. The summed E-state index contributed by atoms with van der Waals surface area (Å²) >= 11 is 0. The maximum absolute atomic E-state index is 8.85. The highest BCUT2D eigenvalue weighted by molar-refractivity contribution is 5.46. The number of hydrogen-bond acceptors (Lipinski definition) is 5. The normalized spacial score (nSPS) is 12.0. The van der Waals surface area contributed by atoms with Crippen LogP contribution in [0.4, 0.5) is 0 Å². The zero-order chi connectivity index (χ0) is 15.2. The van der Waals surface area contributed by atoms with E-state index in [-0.39, 0.29) is 6.79 Å². The number of nitrogens with one attached hydrogen (secondary N) is 1. The Kier molecular flexibility index (Phi) is 4.42. The second kappa shape index (κ2) is 6.83. The van der Waals surface area contributed by atoms with E-state index in [0.717, 1.165) is 22.8 Å². The summed E-state index contributed by atoms with van der Waals surface area (Å²) in [7, 11) is 0. The van der Waals surface area contributed by atoms with Gasteiger partial charge in [0.15, 0.2) is 11.5 Å². The Labute approximate surface area is 129 Å². The lowest BCUT2D eigenvalue weighted by atomic mass is 10.1. The van der Waals surface area contributed by atoms with E-state index in [2.05, 4.69) is 11.4 Å². The second-order valence-corrected chi connectivity index (χ2v) is 4.85. The first-order valence-corrected chi connectivity index (χ1v) is 7.07. The van der Waals surface area contributed by atoms with Gasteiger partial charge < -0.3 is 19.5 Å². The molecule has 0 saturated carbocycles. The van der Waals surface area contributed by atoms with Crippen LogP contribution in [0.3, 0.4) is 0 Å². The molecule has 0 amide bonds. The van der Waals surface area contributed by atoms with Crippen LogP contribution in [0.1, 0.15) is 11.1 Å². The molecule has 0 radical (unpaired) electrons. The topological polar surface area (TPSA) is 63.5 Å². The fraction of sp³-hybridized carbons (Fsp3) is 0.235. The Balaban J connectivity index is 1.41. The number of ether oxygens (including phenoxy) is 3. The summed E-state index contributed by atoms with van der Waals surface area (Å²) in [6.45, 7) is 2.24. The lowest BCUT2D eigenvalue weighted by Crippen LogP contribution is -2.20. The molecule has 0 unspecified atom stereocenters. The fourth-order valence-electron chi connectivity index (χ4n) is 2.19. The Morgan fingerprint density at radius 2 is 2.05 bits per heavy atom. The van der Waals surface area contributed by atoms with Gasteiger partial charge in [-0.3, -0.25) is 0 Å². The minimum absolute atomic E-state index is 0.266. The van der Waals surface area contributed by atoms with Crippen LogP contribution in [-0.2, 0) is 6.54 Å². The van der Waals surface area contributed by atoms with E-state index in [9.17, 15) is 0 Å². The molecule has 0 atom stereocenters. The highest BCUT2D eigenvalue weighted by Gasteiger charge is 2.13. The molecule has 3 rings (SSSR count). The first kappa shape index (κ1) is 14.2. The van der Waals surface area contributed by atoms with Crippen LogP contribution in [0.25, 0.3) is 0 Å². The van der Waals surface area contributed by atoms with Crippen molar-refractivity contribution in [3.8, 4) is 23.3 Å². The minimum Gasteiger partial charge on any atom is -0.492 e. The van der Waals surface area contributed by atoms with Crippen molar-refractivity contribution in [1.29, 1.82) is 5.26 Å². The van der Waals surface area contributed by atoms with Gasteiger partial charge >= 0.3 is 0 Å². The molecule has 0 fully saturated rings. The van der Waals surface area contributed by atoms with Gasteiger partial charge in [-0.15, -0.1) is 0 Å². The van der Waals surface area contributed by atoms with Crippen LogP contribution in [0.2, 0.25) is 0 Å². The van der Waals surface area contributed by atoms with Crippen LogP contribution >= 0.6 is 0 Å². The van der Waals surface area contributed by atoms with Crippen LogP contribution < -0.4 is 19.5 Å². The molecule has 1 heterocycles. The van der Waals surface area contributed by atoms with Crippen molar-refractivity contribution < 1.29 is 14.2 Å². The lowest BCUT2D eigenvalue weighted by molar-refractivity contribution is 0.173. The summed E-state index contributed by atoms with van der Waals surface area (Å²) in [5, 5.41) is 12.1. The third kappa shape index (κ3) is 3.48. The smallest absolute Gasteiger partial charge is 0.231 e. The van der Waals surface area contributed by atoms with Gasteiger partial charge in [0.1, 0.15) is 12.4 Å². The molecule has 0 aromatic heterocycles. The fourth-order valence-corrected chi connectivity index (χ4v) is 2.19. The molecule has 5 nitrogen and oxygen atoms in total. The summed E-state index contributed by atoms with van der Waals surface area (Å²) in [5.41, 5.74) is 1.76. The highest BCUT2D eigenvalue weighted by Crippen LogP contribution is 2.34. The van der Waals surface area contributed by atoms with Crippen molar-refractivity contribution in [2.75, 3.05) is 19.9 Å². The lowest BCUT2D eigenvalue weighted by Gasteiger charge is -2.08. The monoisotopic (exact) mass is 296 g/mol. The van der Waals surface area contributed by atoms with E-state index in [1.54, 1.807) is 6.07 Å². The van der Waals surface area contributed by atoms with Gasteiger partial charge in [0.2, 0.25) is 6.79 Å². The second-order valence-electron chi connectivity index (χ2n) is 4.85. The Hall–Kier alpha value is -2.71. The number of rotatable bonds is 6. The largest absolute Gasteiger partial charge is 0.492 e. The number of nitriles is 1. The molecule has 0 saturated heterocycles. The van der Waals surface area contributed by atoms with Crippen molar-refractivity contribution in [3.63, 3.8) is 0 Å². The van der Waals surface area contributed by atoms with Gasteiger partial charge in [-0.1, -0.05) is 12.1 Å². The first-order valence-electron chi connectivity index (χ1n) is 7.07. The van der Waals surface area contributed by atoms with Gasteiger partial charge in [0.05, 0.1) is 11.6 Å². The third-order valence-corrected chi connectivity index (χ3v) is 3.28. The van der Waals surface area contributed by atoms with E-state index >= 15 is 0 Å². The Morgan fingerprint density at radius 3 is 2.95 bits per heavy atom.